The van der Waals surface area contributed by atoms with Crippen LogP contribution in [0.4, 0.5) is 4.79 Å². The molecule has 13 nitrogen and oxygen atoms in total. The quantitative estimate of drug-likeness (QED) is 0.133. The molecule has 0 fully saturated rings. The van der Waals surface area contributed by atoms with Crippen LogP contribution in [0.15, 0.2) is 36.4 Å². The normalized spacial score (nSPS) is 12.6. The van der Waals surface area contributed by atoms with Crippen molar-refractivity contribution in [3.8, 4) is 11.5 Å². The predicted octanol–water partition coefficient (Wildman–Crippen LogP) is 4.08. The Balaban J connectivity index is 1.83. The number of aliphatic carboxylic acids is 1. The second-order valence-electron chi connectivity index (χ2n) is 12.6. The number of hydrogen-bond acceptors (Lipinski definition) is 8. The van der Waals surface area contributed by atoms with Crippen LogP contribution in [0.1, 0.15) is 74.1 Å². The Morgan fingerprint density at radius 3 is 1.65 bits per heavy atom. The fourth-order valence-electron chi connectivity index (χ4n) is 4.25. The van der Waals surface area contributed by atoms with Crippen LogP contribution in [0.2, 0.25) is 0 Å². The number of carbonyl (C=O) groups is 5. The lowest BCUT2D eigenvalue weighted by atomic mass is 10.0. The maximum absolute atomic E-state index is 12.9. The molecule has 0 spiro atoms. The summed E-state index contributed by atoms with van der Waals surface area (Å²) in [5.74, 6) is -1.77. The zero-order valence-corrected chi connectivity index (χ0v) is 27.7. The molecule has 0 aromatic heterocycles. The number of carbonyl (C=O) groups excluding carboxylic acids is 4. The van der Waals surface area contributed by atoms with Gasteiger partial charge in [-0.2, -0.15) is 0 Å². The van der Waals surface area contributed by atoms with E-state index in [0.29, 0.717) is 30.9 Å². The van der Waals surface area contributed by atoms with E-state index in [-0.39, 0.29) is 37.2 Å². The maximum Gasteiger partial charge on any atom is 0.408 e. The van der Waals surface area contributed by atoms with Crippen molar-refractivity contribution in [3.05, 3.63) is 36.4 Å². The Hall–Kier alpha value is -4.55. The molecule has 254 valence electrons. The molecule has 5 N–H and O–H groups in total. The monoisotopic (exact) mass is 644 g/mol. The number of rotatable bonds is 16. The summed E-state index contributed by atoms with van der Waals surface area (Å²) in [6.07, 6.45) is 0.210. The van der Waals surface area contributed by atoms with E-state index in [1.54, 1.807) is 48.5 Å². The molecule has 13 heteroatoms. The molecule has 0 saturated carbocycles. The maximum atomic E-state index is 12.9. The van der Waals surface area contributed by atoms with E-state index in [9.17, 15) is 24.0 Å². The highest BCUT2D eigenvalue weighted by Gasteiger charge is 2.29. The SMILES string of the molecule is CC(C)[C@H](NC(=O)CCCOc1ccc2ccc(OCCCC(=O)O)cc2c1)C(=O)NNC(=O)[C@@H](NC(=O)OC(C)(C)C)C(C)C. The van der Waals surface area contributed by atoms with Gasteiger partial charge in [0.15, 0.2) is 0 Å². The molecule has 4 amide bonds. The van der Waals surface area contributed by atoms with E-state index in [1.807, 2.05) is 36.4 Å². The molecule has 0 heterocycles. The summed E-state index contributed by atoms with van der Waals surface area (Å²) in [6.45, 7) is 12.7. The molecule has 0 bridgehead atoms. The lowest BCUT2D eigenvalue weighted by Crippen LogP contribution is -2.58. The molecule has 0 unspecified atom stereocenters. The number of nitrogens with one attached hydrogen (secondary N) is 4. The summed E-state index contributed by atoms with van der Waals surface area (Å²) in [6, 6.07) is 9.32. The van der Waals surface area contributed by atoms with Crippen molar-refractivity contribution in [2.75, 3.05) is 13.2 Å². The molecule has 0 aliphatic carbocycles. The molecule has 2 atom stereocenters. The van der Waals surface area contributed by atoms with Gasteiger partial charge in [0, 0.05) is 12.8 Å². The lowest BCUT2D eigenvalue weighted by Gasteiger charge is -2.26. The zero-order valence-electron chi connectivity index (χ0n) is 27.7. The summed E-state index contributed by atoms with van der Waals surface area (Å²) < 4.78 is 16.7. The van der Waals surface area contributed by atoms with Crippen molar-refractivity contribution in [1.29, 1.82) is 0 Å². The average molecular weight is 645 g/mol. The molecule has 46 heavy (non-hydrogen) atoms. The number of carboxylic acid groups (broad SMARTS) is 1. The van der Waals surface area contributed by atoms with Crippen LogP contribution in [0.5, 0.6) is 11.5 Å². The standard InChI is InChI=1S/C33H48N4O9/c1-20(2)28(30(41)36-37-31(42)29(21(3)4)35-32(43)46-33(5,6)7)34-26(38)10-8-16-44-24-14-12-22-13-15-25(19-23(22)18-24)45-17-9-11-27(39)40/h12-15,18-21,28-29H,8-11,16-17H2,1-7H3,(H,34,38)(H,35,43)(H,36,41)(H,37,42)(H,39,40)/t28-,29-/m0/s1. The minimum atomic E-state index is -0.962. The zero-order chi connectivity index (χ0) is 34.4. The number of fused-ring (bicyclic) bond motifs is 1. The largest absolute Gasteiger partial charge is 0.494 e. The van der Waals surface area contributed by atoms with Crippen LogP contribution >= 0.6 is 0 Å². The van der Waals surface area contributed by atoms with Crippen molar-refractivity contribution in [1.82, 2.24) is 21.5 Å². The first-order valence-electron chi connectivity index (χ1n) is 15.5. The Labute approximate surface area is 270 Å². The van der Waals surface area contributed by atoms with Crippen molar-refractivity contribution >= 4 is 40.6 Å². The number of hydrogen-bond donors (Lipinski definition) is 5. The van der Waals surface area contributed by atoms with E-state index in [0.717, 1.165) is 10.8 Å². The summed E-state index contributed by atoms with van der Waals surface area (Å²) in [7, 11) is 0. The van der Waals surface area contributed by atoms with Crippen LogP contribution in [-0.4, -0.2) is 65.8 Å². The molecule has 2 aromatic rings. The van der Waals surface area contributed by atoms with Crippen molar-refractivity contribution < 1.29 is 43.3 Å². The molecule has 0 radical (unpaired) electrons. The third kappa shape index (κ3) is 13.6. The van der Waals surface area contributed by atoms with Crippen molar-refractivity contribution in [2.24, 2.45) is 11.8 Å². The van der Waals surface area contributed by atoms with Gasteiger partial charge < -0.3 is 30.0 Å². The number of hydrazine groups is 1. The topological polar surface area (TPSA) is 181 Å². The van der Waals surface area contributed by atoms with Gasteiger partial charge in [-0.25, -0.2) is 4.79 Å². The van der Waals surface area contributed by atoms with Crippen LogP contribution in [0.25, 0.3) is 10.8 Å². The second-order valence-corrected chi connectivity index (χ2v) is 12.6. The molecule has 2 aromatic carbocycles. The van der Waals surface area contributed by atoms with E-state index in [4.69, 9.17) is 19.3 Å². The van der Waals surface area contributed by atoms with E-state index >= 15 is 0 Å². The van der Waals surface area contributed by atoms with Crippen molar-refractivity contribution in [3.63, 3.8) is 0 Å². The highest BCUT2D eigenvalue weighted by atomic mass is 16.6. The van der Waals surface area contributed by atoms with Crippen molar-refractivity contribution in [2.45, 2.75) is 91.8 Å². The van der Waals surface area contributed by atoms with Crippen LogP contribution in [0, 0.1) is 11.8 Å². The molecular formula is C33H48N4O9. The first kappa shape index (κ1) is 37.6. The minimum absolute atomic E-state index is 0.0442. The first-order valence-corrected chi connectivity index (χ1v) is 15.5. The summed E-state index contributed by atoms with van der Waals surface area (Å²) in [5, 5.41) is 15.9. The summed E-state index contributed by atoms with van der Waals surface area (Å²) in [5.41, 5.74) is 3.94. The van der Waals surface area contributed by atoms with Crippen LogP contribution in [0.3, 0.4) is 0 Å². The lowest BCUT2D eigenvalue weighted by molar-refractivity contribution is -0.137. The first-order chi connectivity index (χ1) is 21.6. The molecule has 0 aliphatic heterocycles. The summed E-state index contributed by atoms with van der Waals surface area (Å²) in [4.78, 5) is 61.1. The highest BCUT2D eigenvalue weighted by molar-refractivity contribution is 5.91. The Morgan fingerprint density at radius 2 is 1.20 bits per heavy atom. The van der Waals surface area contributed by atoms with Crippen LogP contribution < -0.4 is 31.0 Å². The summed E-state index contributed by atoms with van der Waals surface area (Å²) >= 11 is 0. The fourth-order valence-corrected chi connectivity index (χ4v) is 4.25. The third-order valence-electron chi connectivity index (χ3n) is 6.60. The van der Waals surface area contributed by atoms with E-state index in [2.05, 4.69) is 21.5 Å². The highest BCUT2D eigenvalue weighted by Crippen LogP contribution is 2.25. The number of alkyl carbamates (subject to hydrolysis) is 1. The van der Waals surface area contributed by atoms with Gasteiger partial charge in [-0.15, -0.1) is 0 Å². The van der Waals surface area contributed by atoms with Gasteiger partial charge in [-0.3, -0.25) is 30.0 Å². The smallest absolute Gasteiger partial charge is 0.408 e. The van der Waals surface area contributed by atoms with Gasteiger partial charge in [0.05, 0.1) is 13.2 Å². The fraction of sp³-hybridized carbons (Fsp3) is 0.545. The molecule has 2 rings (SSSR count). The second kappa shape index (κ2) is 17.8. The predicted molar refractivity (Wildman–Crippen MR) is 172 cm³/mol. The Kier molecular flexibility index (Phi) is 14.6. The van der Waals surface area contributed by atoms with Gasteiger partial charge in [0.1, 0.15) is 29.2 Å². The number of ether oxygens (including phenoxy) is 3. The third-order valence-corrected chi connectivity index (χ3v) is 6.60. The Morgan fingerprint density at radius 1 is 0.717 bits per heavy atom. The molecular weight excluding hydrogens is 596 g/mol. The minimum Gasteiger partial charge on any atom is -0.494 e. The molecule has 0 saturated heterocycles. The van der Waals surface area contributed by atoms with Gasteiger partial charge in [-0.1, -0.05) is 39.8 Å². The molecule has 0 aliphatic rings. The van der Waals surface area contributed by atoms with Gasteiger partial charge >= 0.3 is 12.1 Å². The van der Waals surface area contributed by atoms with E-state index < -0.39 is 41.6 Å². The van der Waals surface area contributed by atoms with Crippen LogP contribution in [-0.2, 0) is 23.9 Å². The van der Waals surface area contributed by atoms with Gasteiger partial charge in [0.2, 0.25) is 5.91 Å². The Bertz CT molecular complexity index is 1350. The number of carboxylic acids is 1. The average Bonchev–Trinajstić information content (AvgIpc) is 2.96. The van der Waals surface area contributed by atoms with E-state index in [1.165, 1.54) is 0 Å². The number of benzene rings is 2. The van der Waals surface area contributed by atoms with Gasteiger partial charge in [0.25, 0.3) is 11.8 Å². The van der Waals surface area contributed by atoms with Gasteiger partial charge in [-0.05, 0) is 80.5 Å². The number of amides is 4.